The second kappa shape index (κ2) is 5.66. The predicted octanol–water partition coefficient (Wildman–Crippen LogP) is 3.94. The molecule has 0 atom stereocenters. The third-order valence-corrected chi connectivity index (χ3v) is 4.91. The van der Waals surface area contributed by atoms with Gasteiger partial charge in [0.1, 0.15) is 10.6 Å². The van der Waals surface area contributed by atoms with E-state index in [0.717, 1.165) is 22.0 Å². The van der Waals surface area contributed by atoms with Gasteiger partial charge in [-0.3, -0.25) is 10.1 Å². The molecule has 0 aromatic heterocycles. The molecule has 120 valence electrons. The van der Waals surface area contributed by atoms with Gasteiger partial charge in [-0.2, -0.15) is 0 Å². The van der Waals surface area contributed by atoms with E-state index in [1.165, 1.54) is 11.8 Å². The summed E-state index contributed by atoms with van der Waals surface area (Å²) in [4.78, 5) is 16.7. The topological polar surface area (TPSA) is 61.7 Å². The van der Waals surface area contributed by atoms with Crippen molar-refractivity contribution in [3.63, 3.8) is 0 Å². The molecule has 0 fully saturated rings. The van der Waals surface area contributed by atoms with E-state index in [2.05, 4.69) is 5.32 Å². The predicted molar refractivity (Wildman–Crippen MR) is 95.6 cm³/mol. The summed E-state index contributed by atoms with van der Waals surface area (Å²) in [6.45, 7) is 0. The highest BCUT2D eigenvalue weighted by atomic mass is 32.2. The number of nitro benzene ring substituents is 1. The van der Waals surface area contributed by atoms with Gasteiger partial charge < -0.3 is 15.1 Å². The van der Waals surface area contributed by atoms with Crippen molar-refractivity contribution in [3.05, 3.63) is 40.4 Å². The Balaban J connectivity index is 2.13. The molecule has 0 amide bonds. The lowest BCUT2D eigenvalue weighted by atomic mass is 10.2. The molecule has 2 aromatic carbocycles. The van der Waals surface area contributed by atoms with Crippen LogP contribution in [0.4, 0.5) is 28.4 Å². The van der Waals surface area contributed by atoms with E-state index in [1.54, 1.807) is 11.0 Å². The second-order valence-electron chi connectivity index (χ2n) is 5.76. The van der Waals surface area contributed by atoms with E-state index in [-0.39, 0.29) is 10.6 Å². The monoisotopic (exact) mass is 330 g/mol. The first-order valence-electron chi connectivity index (χ1n) is 7.13. The van der Waals surface area contributed by atoms with Gasteiger partial charge in [-0.25, -0.2) is 0 Å². The smallest absolute Gasteiger partial charge is 0.308 e. The molecule has 1 aliphatic heterocycles. The number of nitrogens with zero attached hydrogens (tertiary/aromatic N) is 3. The van der Waals surface area contributed by atoms with Crippen LogP contribution in [-0.2, 0) is 0 Å². The minimum Gasteiger partial charge on any atom is -0.378 e. The molecule has 1 N–H and O–H groups in total. The van der Waals surface area contributed by atoms with Crippen molar-refractivity contribution < 1.29 is 4.92 Å². The van der Waals surface area contributed by atoms with Crippen molar-refractivity contribution in [1.29, 1.82) is 0 Å². The summed E-state index contributed by atoms with van der Waals surface area (Å²) < 4.78 is 0. The van der Waals surface area contributed by atoms with Crippen LogP contribution in [0.1, 0.15) is 0 Å². The summed E-state index contributed by atoms with van der Waals surface area (Å²) in [5, 5.41) is 14.9. The minimum absolute atomic E-state index is 0.144. The van der Waals surface area contributed by atoms with Crippen molar-refractivity contribution in [3.8, 4) is 0 Å². The van der Waals surface area contributed by atoms with Gasteiger partial charge in [0.15, 0.2) is 0 Å². The van der Waals surface area contributed by atoms with Crippen LogP contribution in [0.25, 0.3) is 0 Å². The first-order valence-corrected chi connectivity index (χ1v) is 7.95. The zero-order valence-corrected chi connectivity index (χ0v) is 14.3. The minimum atomic E-state index is -0.302. The van der Waals surface area contributed by atoms with Crippen LogP contribution < -0.4 is 15.1 Å². The SMILES string of the molecule is CN(C)c1ccc2c(c1)Sc1c(ccc(N(C)C)c1[N+](=O)[O-])N2. The van der Waals surface area contributed by atoms with E-state index in [9.17, 15) is 10.1 Å². The average molecular weight is 330 g/mol. The third kappa shape index (κ3) is 2.68. The standard InChI is InChI=1S/C16H18N4O2S/c1-18(2)10-5-6-11-14(9-10)23-16-12(17-11)7-8-13(19(3)4)15(16)20(21)22/h5-9,17H,1-4H3. The Kier molecular flexibility index (Phi) is 3.81. The molecule has 0 aliphatic carbocycles. The van der Waals surface area contributed by atoms with Crippen LogP contribution in [0.5, 0.6) is 0 Å². The molecular weight excluding hydrogens is 312 g/mol. The normalized spacial score (nSPS) is 12.0. The Morgan fingerprint density at radius 3 is 2.35 bits per heavy atom. The summed E-state index contributed by atoms with van der Waals surface area (Å²) in [5.74, 6) is 0. The van der Waals surface area contributed by atoms with Crippen LogP contribution >= 0.6 is 11.8 Å². The lowest BCUT2D eigenvalue weighted by molar-refractivity contribution is -0.386. The molecule has 1 heterocycles. The van der Waals surface area contributed by atoms with Crippen molar-refractivity contribution in [1.82, 2.24) is 0 Å². The number of fused-ring (bicyclic) bond motifs is 2. The number of rotatable bonds is 3. The first kappa shape index (κ1) is 15.5. The van der Waals surface area contributed by atoms with Gasteiger partial charge in [0, 0.05) is 38.8 Å². The van der Waals surface area contributed by atoms with Crippen LogP contribution in [0.3, 0.4) is 0 Å². The van der Waals surface area contributed by atoms with E-state index in [4.69, 9.17) is 0 Å². The maximum absolute atomic E-state index is 11.6. The molecule has 0 saturated carbocycles. The molecule has 0 bridgehead atoms. The van der Waals surface area contributed by atoms with Gasteiger partial charge in [-0.05, 0) is 30.3 Å². The van der Waals surface area contributed by atoms with Gasteiger partial charge in [0.25, 0.3) is 0 Å². The van der Waals surface area contributed by atoms with E-state index in [0.29, 0.717) is 10.6 Å². The van der Waals surface area contributed by atoms with Crippen LogP contribution in [0, 0.1) is 10.1 Å². The molecule has 0 spiro atoms. The zero-order valence-electron chi connectivity index (χ0n) is 13.5. The van der Waals surface area contributed by atoms with Crippen molar-refractivity contribution in [2.45, 2.75) is 9.79 Å². The molecule has 2 aromatic rings. The third-order valence-electron chi connectivity index (χ3n) is 3.74. The Morgan fingerprint density at radius 2 is 1.74 bits per heavy atom. The largest absolute Gasteiger partial charge is 0.378 e. The van der Waals surface area contributed by atoms with Gasteiger partial charge in [-0.1, -0.05) is 11.8 Å². The summed E-state index contributed by atoms with van der Waals surface area (Å²) in [6, 6.07) is 9.76. The number of nitrogens with one attached hydrogen (secondary N) is 1. The number of hydrogen-bond acceptors (Lipinski definition) is 6. The number of nitro groups is 1. The van der Waals surface area contributed by atoms with Gasteiger partial charge >= 0.3 is 5.69 Å². The fraction of sp³-hybridized carbons (Fsp3) is 0.250. The fourth-order valence-electron chi connectivity index (χ4n) is 2.53. The Labute approximate surface area is 139 Å². The summed E-state index contributed by atoms with van der Waals surface area (Å²) in [5.41, 5.74) is 3.56. The van der Waals surface area contributed by atoms with Gasteiger partial charge in [0.05, 0.1) is 16.3 Å². The van der Waals surface area contributed by atoms with E-state index >= 15 is 0 Å². The zero-order chi connectivity index (χ0) is 16.7. The lowest BCUT2D eigenvalue weighted by Gasteiger charge is -2.24. The Morgan fingerprint density at radius 1 is 1.04 bits per heavy atom. The van der Waals surface area contributed by atoms with Crippen molar-refractivity contribution >= 4 is 40.2 Å². The molecule has 6 nitrogen and oxygen atoms in total. The number of hydrogen-bond donors (Lipinski definition) is 1. The molecule has 0 unspecified atom stereocenters. The highest BCUT2D eigenvalue weighted by Crippen LogP contribution is 2.51. The van der Waals surface area contributed by atoms with Crippen molar-refractivity contribution in [2.75, 3.05) is 43.3 Å². The highest BCUT2D eigenvalue weighted by molar-refractivity contribution is 8.00. The van der Waals surface area contributed by atoms with E-state index < -0.39 is 0 Å². The summed E-state index contributed by atoms with van der Waals surface area (Å²) in [7, 11) is 7.58. The molecule has 23 heavy (non-hydrogen) atoms. The van der Waals surface area contributed by atoms with Crippen LogP contribution in [-0.4, -0.2) is 33.1 Å². The Hall–Kier alpha value is -2.41. The lowest BCUT2D eigenvalue weighted by Crippen LogP contribution is -2.13. The average Bonchev–Trinajstić information content (AvgIpc) is 2.50. The van der Waals surface area contributed by atoms with Crippen LogP contribution in [0.2, 0.25) is 0 Å². The fourth-order valence-corrected chi connectivity index (χ4v) is 3.67. The van der Waals surface area contributed by atoms with Crippen LogP contribution in [0.15, 0.2) is 40.1 Å². The molecule has 1 aliphatic rings. The maximum Gasteiger partial charge on any atom is 0.308 e. The Bertz CT molecular complexity index is 790. The molecule has 7 heteroatoms. The molecule has 3 rings (SSSR count). The van der Waals surface area contributed by atoms with E-state index in [1.807, 2.05) is 57.4 Å². The molecule has 0 radical (unpaired) electrons. The quantitative estimate of drug-likeness (QED) is 0.580. The number of anilines is 4. The molecular formula is C16H18N4O2S. The molecule has 0 saturated heterocycles. The van der Waals surface area contributed by atoms with Crippen molar-refractivity contribution in [2.24, 2.45) is 0 Å². The second-order valence-corrected chi connectivity index (χ2v) is 6.82. The van der Waals surface area contributed by atoms with Gasteiger partial charge in [0.2, 0.25) is 0 Å². The number of benzene rings is 2. The van der Waals surface area contributed by atoms with Gasteiger partial charge in [-0.15, -0.1) is 0 Å². The first-order chi connectivity index (χ1) is 10.9. The summed E-state index contributed by atoms with van der Waals surface area (Å²) in [6.07, 6.45) is 0. The maximum atomic E-state index is 11.6. The summed E-state index contributed by atoms with van der Waals surface area (Å²) >= 11 is 1.44. The highest BCUT2D eigenvalue weighted by Gasteiger charge is 2.29.